The van der Waals surface area contributed by atoms with Crippen LogP contribution in [0.5, 0.6) is 5.75 Å². The maximum Gasteiger partial charge on any atom is 0.261 e. The van der Waals surface area contributed by atoms with Crippen LogP contribution < -0.4 is 10.1 Å². The Kier molecular flexibility index (Phi) is 5.14. The molecule has 0 bridgehead atoms. The van der Waals surface area contributed by atoms with Gasteiger partial charge in [0.05, 0.1) is 6.33 Å². The van der Waals surface area contributed by atoms with E-state index in [-0.39, 0.29) is 17.6 Å². The van der Waals surface area contributed by atoms with Gasteiger partial charge >= 0.3 is 0 Å². The second-order valence-corrected chi connectivity index (χ2v) is 6.08. The van der Waals surface area contributed by atoms with Crippen molar-refractivity contribution in [1.82, 2.24) is 14.9 Å². The third kappa shape index (κ3) is 4.27. The standard InChI is InChI=1S/C19H20N4O2/c1-14-9-16-10-15(3-4-18(16)25-14)11-17(12-20)19(24)22-5-2-7-23-8-6-21-13-23/h3-4,6,8,10-11,13-14H,2,5,7,9H2,1H3,(H,22,24)/b17-11+/t14-/m1/s1. The smallest absolute Gasteiger partial charge is 0.261 e. The lowest BCUT2D eigenvalue weighted by Crippen LogP contribution is -2.26. The second-order valence-electron chi connectivity index (χ2n) is 6.08. The first-order valence-electron chi connectivity index (χ1n) is 8.31. The number of aromatic nitrogens is 2. The number of hydrogen-bond acceptors (Lipinski definition) is 4. The van der Waals surface area contributed by atoms with Crippen molar-refractivity contribution in [3.63, 3.8) is 0 Å². The van der Waals surface area contributed by atoms with Crippen LogP contribution in [-0.4, -0.2) is 28.1 Å². The van der Waals surface area contributed by atoms with E-state index in [2.05, 4.69) is 10.3 Å². The van der Waals surface area contributed by atoms with Gasteiger partial charge in [-0.05, 0) is 42.7 Å². The molecule has 25 heavy (non-hydrogen) atoms. The summed E-state index contributed by atoms with van der Waals surface area (Å²) in [4.78, 5) is 16.1. The molecule has 6 nitrogen and oxygen atoms in total. The van der Waals surface area contributed by atoms with E-state index in [1.165, 1.54) is 0 Å². The zero-order chi connectivity index (χ0) is 17.6. The minimum atomic E-state index is -0.349. The predicted octanol–water partition coefficient (Wildman–Crippen LogP) is 2.32. The Morgan fingerprint density at radius 2 is 2.44 bits per heavy atom. The van der Waals surface area contributed by atoms with Crippen LogP contribution in [0.3, 0.4) is 0 Å². The highest BCUT2D eigenvalue weighted by atomic mass is 16.5. The summed E-state index contributed by atoms with van der Waals surface area (Å²) >= 11 is 0. The number of carbonyl (C=O) groups is 1. The number of ether oxygens (including phenoxy) is 1. The molecule has 2 aromatic rings. The van der Waals surface area contributed by atoms with Crippen molar-refractivity contribution >= 4 is 12.0 Å². The van der Waals surface area contributed by atoms with Crippen LogP contribution in [0, 0.1) is 11.3 Å². The number of nitrogens with zero attached hydrogens (tertiary/aromatic N) is 3. The Labute approximate surface area is 146 Å². The molecular formula is C19H20N4O2. The molecule has 1 aliphatic heterocycles. The molecule has 3 rings (SSSR count). The molecule has 6 heteroatoms. The highest BCUT2D eigenvalue weighted by Gasteiger charge is 2.19. The number of nitriles is 1. The van der Waals surface area contributed by atoms with Crippen LogP contribution >= 0.6 is 0 Å². The van der Waals surface area contributed by atoms with Gasteiger partial charge in [0, 0.05) is 31.9 Å². The van der Waals surface area contributed by atoms with E-state index < -0.39 is 0 Å². The summed E-state index contributed by atoms with van der Waals surface area (Å²) in [6, 6.07) is 7.71. The average Bonchev–Trinajstić information content (AvgIpc) is 3.24. The molecule has 0 unspecified atom stereocenters. The van der Waals surface area contributed by atoms with Crippen molar-refractivity contribution in [2.45, 2.75) is 32.4 Å². The average molecular weight is 336 g/mol. The fourth-order valence-electron chi connectivity index (χ4n) is 2.82. The molecule has 0 aliphatic carbocycles. The van der Waals surface area contributed by atoms with Gasteiger partial charge in [0.25, 0.3) is 5.91 Å². The van der Waals surface area contributed by atoms with Crippen molar-refractivity contribution in [2.75, 3.05) is 6.54 Å². The number of nitrogens with one attached hydrogen (secondary N) is 1. The molecule has 1 atom stereocenters. The van der Waals surface area contributed by atoms with Crippen molar-refractivity contribution in [1.29, 1.82) is 5.26 Å². The van der Waals surface area contributed by atoms with Crippen molar-refractivity contribution in [3.05, 3.63) is 53.6 Å². The molecule has 0 spiro atoms. The minimum Gasteiger partial charge on any atom is -0.490 e. The molecule has 0 saturated heterocycles. The molecule has 1 N–H and O–H groups in total. The summed E-state index contributed by atoms with van der Waals surface area (Å²) in [5, 5.41) is 12.1. The molecule has 0 fully saturated rings. The van der Waals surface area contributed by atoms with Gasteiger partial charge in [-0.3, -0.25) is 4.79 Å². The van der Waals surface area contributed by atoms with E-state index in [9.17, 15) is 10.1 Å². The molecule has 128 valence electrons. The monoisotopic (exact) mass is 336 g/mol. The Balaban J connectivity index is 1.57. The number of imidazole rings is 1. The summed E-state index contributed by atoms with van der Waals surface area (Å²) in [7, 11) is 0. The van der Waals surface area contributed by atoms with E-state index in [1.54, 1.807) is 18.6 Å². The second kappa shape index (κ2) is 7.67. The molecular weight excluding hydrogens is 316 g/mol. The number of rotatable bonds is 6. The Hall–Kier alpha value is -3.07. The molecule has 2 heterocycles. The van der Waals surface area contributed by atoms with Crippen LogP contribution in [0.2, 0.25) is 0 Å². The van der Waals surface area contributed by atoms with E-state index >= 15 is 0 Å². The van der Waals surface area contributed by atoms with Crippen LogP contribution in [0.25, 0.3) is 6.08 Å². The van der Waals surface area contributed by atoms with E-state index in [4.69, 9.17) is 4.74 Å². The maximum atomic E-state index is 12.2. The molecule has 1 aromatic heterocycles. The molecule has 1 amide bonds. The SMILES string of the molecule is C[C@@H]1Cc2cc(/C=C(\C#N)C(=O)NCCCn3ccnc3)ccc2O1. The number of fused-ring (bicyclic) bond motifs is 1. The fourth-order valence-corrected chi connectivity index (χ4v) is 2.82. The highest BCUT2D eigenvalue weighted by Crippen LogP contribution is 2.29. The quantitative estimate of drug-likeness (QED) is 0.499. The lowest BCUT2D eigenvalue weighted by atomic mass is 10.0. The van der Waals surface area contributed by atoms with E-state index in [0.717, 1.165) is 36.3 Å². The summed E-state index contributed by atoms with van der Waals surface area (Å²) in [6.07, 6.45) is 8.74. The third-order valence-electron chi connectivity index (χ3n) is 4.03. The summed E-state index contributed by atoms with van der Waals surface area (Å²) in [5.41, 5.74) is 2.05. The van der Waals surface area contributed by atoms with Gasteiger partial charge in [-0.15, -0.1) is 0 Å². The van der Waals surface area contributed by atoms with Gasteiger partial charge in [0.15, 0.2) is 0 Å². The zero-order valence-corrected chi connectivity index (χ0v) is 14.1. The third-order valence-corrected chi connectivity index (χ3v) is 4.03. The largest absolute Gasteiger partial charge is 0.490 e. The topological polar surface area (TPSA) is 79.9 Å². The maximum absolute atomic E-state index is 12.2. The first-order chi connectivity index (χ1) is 12.2. The number of amides is 1. The fraction of sp³-hybridized carbons (Fsp3) is 0.316. The van der Waals surface area contributed by atoms with Crippen LogP contribution in [0.4, 0.5) is 0 Å². The van der Waals surface area contributed by atoms with Gasteiger partial charge in [-0.2, -0.15) is 5.26 Å². The summed E-state index contributed by atoms with van der Waals surface area (Å²) in [6.45, 7) is 3.30. The van der Waals surface area contributed by atoms with Gasteiger partial charge in [-0.1, -0.05) is 6.07 Å². The van der Waals surface area contributed by atoms with Gasteiger partial charge in [-0.25, -0.2) is 4.98 Å². The van der Waals surface area contributed by atoms with Crippen LogP contribution in [-0.2, 0) is 17.8 Å². The first-order valence-corrected chi connectivity index (χ1v) is 8.31. The van der Waals surface area contributed by atoms with Crippen LogP contribution in [0.1, 0.15) is 24.5 Å². The van der Waals surface area contributed by atoms with Gasteiger partial charge in [0.2, 0.25) is 0 Å². The molecule has 1 aromatic carbocycles. The molecule has 0 radical (unpaired) electrons. The Morgan fingerprint density at radius 3 is 3.20 bits per heavy atom. The van der Waals surface area contributed by atoms with Crippen molar-refractivity contribution in [2.24, 2.45) is 0 Å². The summed E-state index contributed by atoms with van der Waals surface area (Å²) in [5.74, 6) is 0.533. The lowest BCUT2D eigenvalue weighted by Gasteiger charge is -2.05. The predicted molar refractivity (Wildman–Crippen MR) is 93.7 cm³/mol. The highest BCUT2D eigenvalue weighted by molar-refractivity contribution is 6.01. The Bertz CT molecular complexity index is 818. The van der Waals surface area contributed by atoms with Crippen molar-refractivity contribution < 1.29 is 9.53 Å². The lowest BCUT2D eigenvalue weighted by molar-refractivity contribution is -0.117. The zero-order valence-electron chi connectivity index (χ0n) is 14.1. The number of hydrogen-bond donors (Lipinski definition) is 1. The van der Waals surface area contributed by atoms with E-state index in [0.29, 0.717) is 6.54 Å². The van der Waals surface area contributed by atoms with Gasteiger partial charge in [0.1, 0.15) is 23.5 Å². The summed E-state index contributed by atoms with van der Waals surface area (Å²) < 4.78 is 7.61. The van der Waals surface area contributed by atoms with Crippen molar-refractivity contribution in [3.8, 4) is 11.8 Å². The van der Waals surface area contributed by atoms with E-state index in [1.807, 2.05) is 42.0 Å². The van der Waals surface area contributed by atoms with Crippen LogP contribution in [0.15, 0.2) is 42.5 Å². The molecule has 0 saturated carbocycles. The Morgan fingerprint density at radius 1 is 1.56 bits per heavy atom. The minimum absolute atomic E-state index is 0.106. The first kappa shape index (κ1) is 16.8. The number of carbonyl (C=O) groups excluding carboxylic acids is 1. The number of aryl methyl sites for hydroxylation is 1. The molecule has 1 aliphatic rings. The number of benzene rings is 1. The normalized spacial score (nSPS) is 16.0. The van der Waals surface area contributed by atoms with Gasteiger partial charge < -0.3 is 14.6 Å².